The molecule has 0 bridgehead atoms. The molecule has 3 aromatic rings. The maximum atomic E-state index is 14.6. The van der Waals surface area contributed by atoms with E-state index >= 15 is 0 Å². The molecule has 204 valence electrons. The number of anilines is 1. The average Bonchev–Trinajstić information content (AvgIpc) is 2.82. The zero-order valence-corrected chi connectivity index (χ0v) is 22.4. The lowest BCUT2D eigenvalue weighted by atomic mass is 9.89. The van der Waals surface area contributed by atoms with Crippen molar-refractivity contribution in [1.29, 1.82) is 0 Å². The average molecular weight is 527 g/mol. The fourth-order valence-electron chi connectivity index (χ4n) is 4.89. The minimum absolute atomic E-state index is 0.0123. The van der Waals surface area contributed by atoms with E-state index in [0.717, 1.165) is 54.3 Å². The summed E-state index contributed by atoms with van der Waals surface area (Å²) in [5.41, 5.74) is 3.07. The monoisotopic (exact) mass is 526 g/mol. The van der Waals surface area contributed by atoms with Crippen LogP contribution in [-0.2, 0) is 6.54 Å². The molecule has 1 unspecified atom stereocenters. The van der Waals surface area contributed by atoms with Crippen LogP contribution in [-0.4, -0.2) is 34.1 Å². The third kappa shape index (κ3) is 6.81. The summed E-state index contributed by atoms with van der Waals surface area (Å²) in [6.45, 7) is 11.4. The lowest BCUT2D eigenvalue weighted by molar-refractivity contribution is 0.146. The zero-order chi connectivity index (χ0) is 27.2. The van der Waals surface area contributed by atoms with Crippen LogP contribution in [0.25, 0.3) is 11.0 Å². The first kappa shape index (κ1) is 27.8. The van der Waals surface area contributed by atoms with Gasteiger partial charge in [0.2, 0.25) is 0 Å². The number of hydrogen-bond acceptors (Lipinski definition) is 6. The number of halogens is 3. The van der Waals surface area contributed by atoms with Crippen molar-refractivity contribution in [3.63, 3.8) is 0 Å². The normalized spacial score (nSPS) is 14.5. The highest BCUT2D eigenvalue weighted by Crippen LogP contribution is 2.31. The van der Waals surface area contributed by atoms with Crippen LogP contribution in [0.15, 0.2) is 36.5 Å². The summed E-state index contributed by atoms with van der Waals surface area (Å²) in [6, 6.07) is 6.75. The van der Waals surface area contributed by atoms with Gasteiger partial charge in [-0.05, 0) is 70.5 Å². The van der Waals surface area contributed by atoms with Crippen molar-refractivity contribution in [3.05, 3.63) is 70.6 Å². The Morgan fingerprint density at radius 1 is 1.08 bits per heavy atom. The molecule has 1 aromatic carbocycles. The van der Waals surface area contributed by atoms with E-state index < -0.39 is 17.8 Å². The Labute approximate surface area is 222 Å². The van der Waals surface area contributed by atoms with Crippen molar-refractivity contribution < 1.29 is 13.2 Å². The van der Waals surface area contributed by atoms with Crippen molar-refractivity contribution in [2.75, 3.05) is 18.4 Å². The number of rotatable bonds is 13. The highest BCUT2D eigenvalue weighted by Gasteiger charge is 2.21. The number of nitrogens with zero attached hydrogens (tertiary/aromatic N) is 3. The summed E-state index contributed by atoms with van der Waals surface area (Å²) in [5, 5.41) is 10.9. The molecule has 9 heteroatoms. The molecule has 1 fully saturated rings. The Kier molecular flexibility index (Phi) is 9.20. The third-order valence-electron chi connectivity index (χ3n) is 7.21. The molecule has 1 atom stereocenters. The van der Waals surface area contributed by atoms with Crippen LogP contribution in [0.4, 0.5) is 19.0 Å². The number of allylic oxidation sites excluding steroid dienone is 1. The van der Waals surface area contributed by atoms with Crippen LogP contribution in [0.2, 0.25) is 0 Å². The minimum Gasteiger partial charge on any atom is -0.389 e. The van der Waals surface area contributed by atoms with E-state index in [1.807, 2.05) is 13.8 Å². The van der Waals surface area contributed by atoms with Gasteiger partial charge in [0.25, 0.3) is 6.43 Å². The molecule has 6 nitrogen and oxygen atoms in total. The van der Waals surface area contributed by atoms with Gasteiger partial charge in [0.1, 0.15) is 17.5 Å². The van der Waals surface area contributed by atoms with Crippen LogP contribution in [0.1, 0.15) is 79.6 Å². The summed E-state index contributed by atoms with van der Waals surface area (Å²) in [5.74, 6) is 0.382. The Balaban J connectivity index is 1.61. The number of hydrogen-bond donors (Lipinski definition) is 3. The van der Waals surface area contributed by atoms with Gasteiger partial charge in [-0.3, -0.25) is 0 Å². The predicted molar refractivity (Wildman–Crippen MR) is 146 cm³/mol. The van der Waals surface area contributed by atoms with Crippen LogP contribution in [0.3, 0.4) is 0 Å². The second-order valence-electron chi connectivity index (χ2n) is 10.2. The predicted octanol–water partition coefficient (Wildman–Crippen LogP) is 6.46. The molecule has 4 rings (SSSR count). The molecule has 0 spiro atoms. The second kappa shape index (κ2) is 12.6. The number of aromatic nitrogens is 3. The summed E-state index contributed by atoms with van der Waals surface area (Å²) in [4.78, 5) is 13.9. The first-order valence-corrected chi connectivity index (χ1v) is 13.3. The molecular weight excluding hydrogens is 489 g/mol. The fraction of sp³-hybridized carbons (Fsp3) is 0.483. The van der Waals surface area contributed by atoms with Crippen molar-refractivity contribution in [1.82, 2.24) is 25.6 Å². The van der Waals surface area contributed by atoms with Gasteiger partial charge in [-0.1, -0.05) is 31.2 Å². The van der Waals surface area contributed by atoms with E-state index in [4.69, 9.17) is 4.98 Å². The number of fused-ring (bicyclic) bond motifs is 1. The number of aryl methyl sites for hydroxylation is 2. The van der Waals surface area contributed by atoms with Crippen molar-refractivity contribution in [2.45, 2.75) is 77.8 Å². The molecule has 2 aromatic heterocycles. The van der Waals surface area contributed by atoms with E-state index in [-0.39, 0.29) is 18.0 Å². The van der Waals surface area contributed by atoms with Gasteiger partial charge in [-0.25, -0.2) is 28.1 Å². The van der Waals surface area contributed by atoms with Crippen LogP contribution in [0, 0.1) is 19.7 Å². The summed E-state index contributed by atoms with van der Waals surface area (Å²) < 4.78 is 41.0. The number of alkyl halides is 2. The van der Waals surface area contributed by atoms with Gasteiger partial charge in [-0.2, -0.15) is 0 Å². The number of nitrogens with one attached hydrogen (secondary N) is 3. The maximum absolute atomic E-state index is 14.6. The van der Waals surface area contributed by atoms with Gasteiger partial charge in [0.15, 0.2) is 5.65 Å². The SMILES string of the molecule is C=C(C)NCCC(CCNC1CCC1)c1cc2c(NCc3cccc(C(F)F)c3F)nc(C)nc2nc1C. The smallest absolute Gasteiger partial charge is 0.266 e. The van der Waals surface area contributed by atoms with Crippen LogP contribution < -0.4 is 16.0 Å². The molecule has 3 N–H and O–H groups in total. The van der Waals surface area contributed by atoms with Crippen LogP contribution in [0.5, 0.6) is 0 Å². The van der Waals surface area contributed by atoms with Gasteiger partial charge in [-0.15, -0.1) is 0 Å². The van der Waals surface area contributed by atoms with E-state index in [9.17, 15) is 13.2 Å². The molecule has 0 saturated heterocycles. The molecule has 1 aliphatic rings. The second-order valence-corrected chi connectivity index (χ2v) is 10.2. The highest BCUT2D eigenvalue weighted by molar-refractivity contribution is 5.87. The first-order chi connectivity index (χ1) is 18.2. The summed E-state index contributed by atoms with van der Waals surface area (Å²) >= 11 is 0. The van der Waals surface area contributed by atoms with Crippen molar-refractivity contribution >= 4 is 16.9 Å². The number of benzene rings is 1. The van der Waals surface area contributed by atoms with Gasteiger partial charge < -0.3 is 16.0 Å². The Morgan fingerprint density at radius 3 is 2.53 bits per heavy atom. The minimum atomic E-state index is -2.87. The third-order valence-corrected chi connectivity index (χ3v) is 7.21. The lowest BCUT2D eigenvalue weighted by Crippen LogP contribution is -2.36. The summed E-state index contributed by atoms with van der Waals surface area (Å²) in [7, 11) is 0. The van der Waals surface area contributed by atoms with Crippen molar-refractivity contribution in [3.8, 4) is 0 Å². The van der Waals surface area contributed by atoms with Crippen LogP contribution >= 0.6 is 0 Å². The molecule has 1 aliphatic carbocycles. The molecule has 2 heterocycles. The standard InChI is InChI=1S/C29H37F3N6/c1-17(2)33-13-11-20(12-14-34-22-8-6-9-22)24-15-25-28(37-19(4)38-29(25)36-18(24)3)35-16-21-7-5-10-23(26(21)30)27(31)32/h5,7,10,15,20,22,27,33-34H,1,6,8-9,11-14,16H2,2-4H3,(H,35,36,37,38). The Bertz CT molecular complexity index is 1270. The molecule has 0 amide bonds. The Morgan fingerprint density at radius 2 is 1.84 bits per heavy atom. The largest absolute Gasteiger partial charge is 0.389 e. The first-order valence-electron chi connectivity index (χ1n) is 13.3. The van der Waals surface area contributed by atoms with Gasteiger partial charge >= 0.3 is 0 Å². The molecule has 38 heavy (non-hydrogen) atoms. The van der Waals surface area contributed by atoms with E-state index in [1.54, 1.807) is 6.92 Å². The topological polar surface area (TPSA) is 74.8 Å². The van der Waals surface area contributed by atoms with Gasteiger partial charge in [0.05, 0.1) is 10.9 Å². The lowest BCUT2D eigenvalue weighted by Gasteiger charge is -2.28. The highest BCUT2D eigenvalue weighted by atomic mass is 19.3. The molecule has 1 saturated carbocycles. The van der Waals surface area contributed by atoms with E-state index in [1.165, 1.54) is 31.4 Å². The molecule has 0 radical (unpaired) electrons. The quantitative estimate of drug-likeness (QED) is 0.237. The Hall–Kier alpha value is -3.20. The maximum Gasteiger partial charge on any atom is 0.266 e. The molecule has 0 aliphatic heterocycles. The number of pyridine rings is 1. The zero-order valence-electron chi connectivity index (χ0n) is 22.4. The van der Waals surface area contributed by atoms with Gasteiger partial charge in [0, 0.05) is 36.1 Å². The summed E-state index contributed by atoms with van der Waals surface area (Å²) in [6.07, 6.45) is 2.78. The van der Waals surface area contributed by atoms with E-state index in [0.29, 0.717) is 23.3 Å². The molecular formula is C29H37F3N6. The fourth-order valence-corrected chi connectivity index (χ4v) is 4.89. The van der Waals surface area contributed by atoms with E-state index in [2.05, 4.69) is 38.6 Å². The van der Waals surface area contributed by atoms with Crippen molar-refractivity contribution in [2.24, 2.45) is 0 Å².